The van der Waals surface area contributed by atoms with Gasteiger partial charge in [0.2, 0.25) is 0 Å². The predicted molar refractivity (Wildman–Crippen MR) is 88.1 cm³/mol. The van der Waals surface area contributed by atoms with E-state index in [1.54, 1.807) is 0 Å². The van der Waals surface area contributed by atoms with Crippen LogP contribution in [0.2, 0.25) is 0 Å². The summed E-state index contributed by atoms with van der Waals surface area (Å²) in [6.45, 7) is 10.7. The minimum absolute atomic E-state index is 0. The Balaban J connectivity index is 0.00000147. The zero-order chi connectivity index (χ0) is 13.3. The summed E-state index contributed by atoms with van der Waals surface area (Å²) in [6.07, 6.45) is 3.97. The average Bonchev–Trinajstić information content (AvgIpc) is 2.99. The molecular formula is C15H26ClN3S. The smallest absolute Gasteiger partial charge is 0.0971 e. The van der Waals surface area contributed by atoms with Gasteiger partial charge in [-0.25, -0.2) is 4.98 Å². The van der Waals surface area contributed by atoms with Crippen molar-refractivity contribution >= 4 is 23.7 Å². The molecule has 114 valence electrons. The first-order chi connectivity index (χ1) is 9.15. The highest BCUT2D eigenvalue weighted by Gasteiger charge is 2.33. The molecule has 0 bridgehead atoms. The predicted octanol–water partition coefficient (Wildman–Crippen LogP) is 3.05. The van der Waals surface area contributed by atoms with E-state index < -0.39 is 0 Å². The van der Waals surface area contributed by atoms with Gasteiger partial charge in [-0.05, 0) is 44.7 Å². The van der Waals surface area contributed by atoms with Gasteiger partial charge in [0.25, 0.3) is 0 Å². The number of halogens is 1. The van der Waals surface area contributed by atoms with Crippen LogP contribution in [0.4, 0.5) is 0 Å². The summed E-state index contributed by atoms with van der Waals surface area (Å²) in [5.41, 5.74) is 1.67. The van der Waals surface area contributed by atoms with Crippen LogP contribution in [0.3, 0.4) is 0 Å². The number of aryl methyl sites for hydroxylation is 1. The zero-order valence-electron chi connectivity index (χ0n) is 12.5. The molecule has 0 saturated carbocycles. The third-order valence-corrected chi connectivity index (χ3v) is 5.68. The topological polar surface area (TPSA) is 28.2 Å². The monoisotopic (exact) mass is 315 g/mol. The fourth-order valence-corrected chi connectivity index (χ4v) is 4.43. The van der Waals surface area contributed by atoms with Crippen molar-refractivity contribution in [1.29, 1.82) is 0 Å². The first kappa shape index (κ1) is 16.2. The average molecular weight is 316 g/mol. The summed E-state index contributed by atoms with van der Waals surface area (Å²) >= 11 is 1.85. The molecule has 2 saturated heterocycles. The third-order valence-electron chi connectivity index (χ3n) is 4.55. The summed E-state index contributed by atoms with van der Waals surface area (Å²) in [5.74, 6) is 0.672. The molecule has 2 aliphatic rings. The van der Waals surface area contributed by atoms with Crippen LogP contribution >= 0.6 is 23.7 Å². The lowest BCUT2D eigenvalue weighted by atomic mass is 9.87. The van der Waals surface area contributed by atoms with Gasteiger partial charge in [0.1, 0.15) is 0 Å². The quantitative estimate of drug-likeness (QED) is 0.929. The Labute approximate surface area is 132 Å². The summed E-state index contributed by atoms with van der Waals surface area (Å²) in [5, 5.41) is 7.06. The van der Waals surface area contributed by atoms with E-state index in [0.717, 1.165) is 0 Å². The van der Waals surface area contributed by atoms with Gasteiger partial charge in [-0.15, -0.1) is 23.7 Å². The number of hydrogen-bond acceptors (Lipinski definition) is 4. The van der Waals surface area contributed by atoms with E-state index in [1.165, 1.54) is 62.7 Å². The summed E-state index contributed by atoms with van der Waals surface area (Å²) in [6, 6.07) is 0. The molecule has 2 unspecified atom stereocenters. The molecule has 1 N–H and O–H groups in total. The van der Waals surface area contributed by atoms with Crippen LogP contribution < -0.4 is 5.32 Å². The molecule has 0 spiro atoms. The first-order valence-electron chi connectivity index (χ1n) is 7.50. The molecule has 2 fully saturated rings. The van der Waals surface area contributed by atoms with Crippen molar-refractivity contribution in [3.63, 3.8) is 0 Å². The largest absolute Gasteiger partial charge is 0.316 e. The van der Waals surface area contributed by atoms with Crippen LogP contribution in [0.15, 0.2) is 5.38 Å². The van der Waals surface area contributed by atoms with Gasteiger partial charge in [-0.3, -0.25) is 0 Å². The highest BCUT2D eigenvalue weighted by atomic mass is 35.5. The number of hydrogen-bond donors (Lipinski definition) is 1. The summed E-state index contributed by atoms with van der Waals surface area (Å²) < 4.78 is 0. The maximum atomic E-state index is 4.70. The second-order valence-corrected chi connectivity index (χ2v) is 7.53. The van der Waals surface area contributed by atoms with Crippen molar-refractivity contribution in [2.24, 2.45) is 5.41 Å². The van der Waals surface area contributed by atoms with E-state index in [1.807, 2.05) is 11.3 Å². The van der Waals surface area contributed by atoms with E-state index in [4.69, 9.17) is 4.98 Å². The number of rotatable bonds is 3. The second-order valence-electron chi connectivity index (χ2n) is 6.64. The van der Waals surface area contributed by atoms with Gasteiger partial charge in [0.15, 0.2) is 0 Å². The Hall–Kier alpha value is -0.160. The Morgan fingerprint density at radius 1 is 1.55 bits per heavy atom. The molecule has 3 nitrogen and oxygen atoms in total. The third kappa shape index (κ3) is 3.73. The molecule has 1 aromatic heterocycles. The minimum atomic E-state index is 0. The summed E-state index contributed by atoms with van der Waals surface area (Å²) in [7, 11) is 0. The number of thiazole rings is 1. The van der Waals surface area contributed by atoms with Gasteiger partial charge >= 0.3 is 0 Å². The molecule has 0 aromatic carbocycles. The van der Waals surface area contributed by atoms with Gasteiger partial charge in [-0.2, -0.15) is 0 Å². The first-order valence-corrected chi connectivity index (χ1v) is 8.38. The maximum absolute atomic E-state index is 4.70. The van der Waals surface area contributed by atoms with Crippen LogP contribution in [-0.4, -0.2) is 42.6 Å². The lowest BCUT2D eigenvalue weighted by Gasteiger charge is -2.37. The molecule has 0 radical (unpaired) electrons. The van der Waals surface area contributed by atoms with Gasteiger partial charge < -0.3 is 10.2 Å². The fraction of sp³-hybridized carbons (Fsp3) is 0.800. The van der Waals surface area contributed by atoms with Crippen molar-refractivity contribution in [1.82, 2.24) is 15.2 Å². The van der Waals surface area contributed by atoms with Crippen molar-refractivity contribution in [3.05, 3.63) is 16.1 Å². The zero-order valence-corrected chi connectivity index (χ0v) is 14.2. The minimum Gasteiger partial charge on any atom is -0.316 e. The Bertz CT molecular complexity index is 429. The van der Waals surface area contributed by atoms with Crippen LogP contribution in [-0.2, 0) is 0 Å². The highest BCUT2D eigenvalue weighted by molar-refractivity contribution is 7.09. The standard InChI is InChI=1S/C15H25N3S.ClH/c1-12-9-19-14(17-12)13-4-3-7-18(8-13)11-15(2)5-6-16-10-15;/h9,13,16H,3-8,10-11H2,1-2H3;1H. The van der Waals surface area contributed by atoms with Gasteiger partial charge in [-0.1, -0.05) is 6.92 Å². The Morgan fingerprint density at radius 3 is 3.05 bits per heavy atom. The SMILES string of the molecule is Cc1csc(C2CCCN(CC3(C)CCNC3)C2)n1.Cl. The molecule has 2 aliphatic heterocycles. The van der Waals surface area contributed by atoms with E-state index in [0.29, 0.717) is 11.3 Å². The lowest BCUT2D eigenvalue weighted by Crippen LogP contribution is -2.42. The molecule has 20 heavy (non-hydrogen) atoms. The molecule has 1 aromatic rings. The lowest BCUT2D eigenvalue weighted by molar-refractivity contribution is 0.141. The van der Waals surface area contributed by atoms with E-state index in [9.17, 15) is 0 Å². The van der Waals surface area contributed by atoms with E-state index in [-0.39, 0.29) is 12.4 Å². The number of nitrogens with zero attached hydrogens (tertiary/aromatic N) is 2. The fourth-order valence-electron chi connectivity index (χ4n) is 3.50. The van der Waals surface area contributed by atoms with Gasteiger partial charge in [0.05, 0.1) is 5.01 Å². The number of piperidine rings is 1. The molecule has 3 rings (SSSR count). The van der Waals surface area contributed by atoms with Crippen LogP contribution in [0, 0.1) is 12.3 Å². The normalized spacial score (nSPS) is 31.2. The molecule has 3 heterocycles. The number of nitrogens with one attached hydrogen (secondary N) is 1. The number of aromatic nitrogens is 1. The van der Waals surface area contributed by atoms with Crippen molar-refractivity contribution < 1.29 is 0 Å². The van der Waals surface area contributed by atoms with Crippen LogP contribution in [0.1, 0.15) is 42.8 Å². The van der Waals surface area contributed by atoms with Gasteiger partial charge in [0, 0.05) is 36.6 Å². The Morgan fingerprint density at radius 2 is 2.40 bits per heavy atom. The molecule has 0 aliphatic carbocycles. The molecular weight excluding hydrogens is 290 g/mol. The van der Waals surface area contributed by atoms with Crippen molar-refractivity contribution in [3.8, 4) is 0 Å². The Kier molecular flexibility index (Phi) is 5.46. The van der Waals surface area contributed by atoms with E-state index in [2.05, 4.69) is 29.4 Å². The second kappa shape index (κ2) is 6.73. The van der Waals surface area contributed by atoms with E-state index >= 15 is 0 Å². The van der Waals surface area contributed by atoms with Crippen LogP contribution in [0.25, 0.3) is 0 Å². The maximum Gasteiger partial charge on any atom is 0.0971 e. The van der Waals surface area contributed by atoms with Crippen molar-refractivity contribution in [2.45, 2.75) is 39.0 Å². The molecule has 0 amide bonds. The highest BCUT2D eigenvalue weighted by Crippen LogP contribution is 2.32. The van der Waals surface area contributed by atoms with Crippen molar-refractivity contribution in [2.75, 3.05) is 32.7 Å². The summed E-state index contributed by atoms with van der Waals surface area (Å²) in [4.78, 5) is 7.38. The molecule has 5 heteroatoms. The molecule has 2 atom stereocenters. The number of likely N-dealkylation sites (tertiary alicyclic amines) is 1. The van der Waals surface area contributed by atoms with Crippen LogP contribution in [0.5, 0.6) is 0 Å².